The van der Waals surface area contributed by atoms with E-state index in [4.69, 9.17) is 0 Å². The van der Waals surface area contributed by atoms with Gasteiger partial charge in [0.05, 0.1) is 12.5 Å². The van der Waals surface area contributed by atoms with E-state index < -0.39 is 36.0 Å². The van der Waals surface area contributed by atoms with Crippen molar-refractivity contribution < 1.29 is 28.2 Å². The zero-order valence-electron chi connectivity index (χ0n) is 13.3. The number of nitrogens with zero attached hydrogens (tertiary/aromatic N) is 2. The summed E-state index contributed by atoms with van der Waals surface area (Å²) >= 11 is 0. The van der Waals surface area contributed by atoms with E-state index in [9.17, 15) is 28.2 Å². The molecule has 1 rings (SSSR count). The second-order valence-corrected chi connectivity index (χ2v) is 5.98. The number of aliphatic hydroxyl groups is 2. The SMILES string of the molecule is CC(C)CC(O)CNC(=O)CC(O)(c1nccn1C)C(F)(F)F. The van der Waals surface area contributed by atoms with E-state index in [0.717, 1.165) is 10.8 Å². The van der Waals surface area contributed by atoms with Crippen LogP contribution in [-0.2, 0) is 17.4 Å². The van der Waals surface area contributed by atoms with Crippen molar-refractivity contribution in [1.82, 2.24) is 14.9 Å². The number of halogens is 3. The maximum Gasteiger partial charge on any atom is 0.425 e. The van der Waals surface area contributed by atoms with E-state index in [-0.39, 0.29) is 12.5 Å². The van der Waals surface area contributed by atoms with Crippen LogP contribution in [0.15, 0.2) is 12.4 Å². The molecule has 2 atom stereocenters. The van der Waals surface area contributed by atoms with Gasteiger partial charge in [-0.15, -0.1) is 0 Å². The van der Waals surface area contributed by atoms with Crippen molar-refractivity contribution in [2.75, 3.05) is 6.54 Å². The third-order valence-corrected chi connectivity index (χ3v) is 3.35. The van der Waals surface area contributed by atoms with Crippen LogP contribution in [0, 0.1) is 5.92 Å². The first-order valence-corrected chi connectivity index (χ1v) is 7.19. The molecule has 0 aliphatic rings. The number of aryl methyl sites for hydroxylation is 1. The summed E-state index contributed by atoms with van der Waals surface area (Å²) in [6.45, 7) is 3.56. The molecular formula is C14H22F3N3O3. The highest BCUT2D eigenvalue weighted by atomic mass is 19.4. The molecule has 0 bridgehead atoms. The lowest BCUT2D eigenvalue weighted by molar-refractivity contribution is -0.271. The number of amides is 1. The highest BCUT2D eigenvalue weighted by Crippen LogP contribution is 2.40. The number of nitrogens with one attached hydrogen (secondary N) is 1. The van der Waals surface area contributed by atoms with Crippen molar-refractivity contribution in [2.24, 2.45) is 13.0 Å². The normalized spacial score (nSPS) is 16.2. The van der Waals surface area contributed by atoms with Crippen LogP contribution in [0.5, 0.6) is 0 Å². The van der Waals surface area contributed by atoms with E-state index in [2.05, 4.69) is 10.3 Å². The topological polar surface area (TPSA) is 87.4 Å². The Morgan fingerprint density at radius 3 is 2.48 bits per heavy atom. The van der Waals surface area contributed by atoms with E-state index in [1.165, 1.54) is 13.2 Å². The lowest BCUT2D eigenvalue weighted by atomic mass is 9.97. The Balaban J connectivity index is 2.80. The predicted molar refractivity (Wildman–Crippen MR) is 76.2 cm³/mol. The van der Waals surface area contributed by atoms with Crippen LogP contribution in [0.3, 0.4) is 0 Å². The quantitative estimate of drug-likeness (QED) is 0.695. The molecule has 0 radical (unpaired) electrons. The number of hydrogen-bond donors (Lipinski definition) is 3. The van der Waals surface area contributed by atoms with Gasteiger partial charge in [-0.05, 0) is 12.3 Å². The summed E-state index contributed by atoms with van der Waals surface area (Å²) in [7, 11) is 1.29. The fourth-order valence-electron chi connectivity index (χ4n) is 2.22. The summed E-state index contributed by atoms with van der Waals surface area (Å²) in [5, 5.41) is 21.9. The molecule has 23 heavy (non-hydrogen) atoms. The average molecular weight is 337 g/mol. The van der Waals surface area contributed by atoms with Crippen molar-refractivity contribution >= 4 is 5.91 Å². The van der Waals surface area contributed by atoms with Crippen LogP contribution in [0.25, 0.3) is 0 Å². The summed E-state index contributed by atoms with van der Waals surface area (Å²) in [6.07, 6.45) is -4.39. The van der Waals surface area contributed by atoms with E-state index in [1.807, 2.05) is 13.8 Å². The maximum atomic E-state index is 13.2. The van der Waals surface area contributed by atoms with Gasteiger partial charge in [-0.3, -0.25) is 4.79 Å². The summed E-state index contributed by atoms with van der Waals surface area (Å²) in [5.41, 5.74) is -3.39. The van der Waals surface area contributed by atoms with Crippen LogP contribution in [0.2, 0.25) is 0 Å². The Kier molecular flexibility index (Phi) is 6.18. The van der Waals surface area contributed by atoms with Gasteiger partial charge >= 0.3 is 6.18 Å². The van der Waals surface area contributed by atoms with Crippen molar-refractivity contribution in [1.29, 1.82) is 0 Å². The van der Waals surface area contributed by atoms with Gasteiger partial charge in [-0.1, -0.05) is 13.8 Å². The van der Waals surface area contributed by atoms with Crippen molar-refractivity contribution in [2.45, 2.75) is 44.6 Å². The molecule has 132 valence electrons. The van der Waals surface area contributed by atoms with E-state index in [0.29, 0.717) is 6.42 Å². The minimum atomic E-state index is -5.07. The number of rotatable bonds is 7. The van der Waals surface area contributed by atoms with Gasteiger partial charge in [0.15, 0.2) is 5.82 Å². The molecule has 0 spiro atoms. The molecule has 2 unspecified atom stereocenters. The Labute approximate surface area is 132 Å². The number of imidazole rings is 1. The monoisotopic (exact) mass is 337 g/mol. The second kappa shape index (κ2) is 7.31. The summed E-state index contributed by atoms with van der Waals surface area (Å²) in [5.74, 6) is -1.50. The molecule has 1 aromatic heterocycles. The lowest BCUT2D eigenvalue weighted by Gasteiger charge is -2.29. The molecule has 1 heterocycles. The molecule has 3 N–H and O–H groups in total. The highest BCUT2D eigenvalue weighted by molar-refractivity contribution is 5.77. The second-order valence-electron chi connectivity index (χ2n) is 5.98. The third kappa shape index (κ3) is 4.93. The number of carbonyl (C=O) groups excluding carboxylic acids is 1. The molecule has 1 aromatic rings. The van der Waals surface area contributed by atoms with Crippen LogP contribution in [0.4, 0.5) is 13.2 Å². The smallest absolute Gasteiger partial charge is 0.391 e. The summed E-state index contributed by atoms with van der Waals surface area (Å²) < 4.78 is 40.7. The van der Waals surface area contributed by atoms with Gasteiger partial charge < -0.3 is 20.1 Å². The summed E-state index contributed by atoms with van der Waals surface area (Å²) in [4.78, 5) is 15.3. The van der Waals surface area contributed by atoms with E-state index in [1.54, 1.807) is 0 Å². The summed E-state index contributed by atoms with van der Waals surface area (Å²) in [6, 6.07) is 0. The first kappa shape index (κ1) is 19.4. The number of carbonyl (C=O) groups is 1. The zero-order chi connectivity index (χ0) is 17.8. The standard InChI is InChI=1S/C14H22F3N3O3/c1-9(2)6-10(21)8-19-11(22)7-13(23,14(15,16)17)12-18-4-5-20(12)3/h4-5,9-10,21,23H,6-8H2,1-3H3,(H,19,22). The van der Waals surface area contributed by atoms with Gasteiger partial charge in [0.1, 0.15) is 0 Å². The van der Waals surface area contributed by atoms with Crippen LogP contribution in [0.1, 0.15) is 32.5 Å². The van der Waals surface area contributed by atoms with E-state index >= 15 is 0 Å². The Bertz CT molecular complexity index is 531. The molecule has 0 aliphatic heterocycles. The Morgan fingerprint density at radius 2 is 2.04 bits per heavy atom. The molecule has 0 saturated heterocycles. The molecule has 0 saturated carbocycles. The number of aromatic nitrogens is 2. The van der Waals surface area contributed by atoms with Crippen LogP contribution < -0.4 is 5.32 Å². The number of alkyl halides is 3. The Hall–Kier alpha value is -1.61. The van der Waals surface area contributed by atoms with Gasteiger partial charge in [-0.2, -0.15) is 13.2 Å². The Morgan fingerprint density at radius 1 is 1.43 bits per heavy atom. The van der Waals surface area contributed by atoms with Crippen molar-refractivity contribution in [3.63, 3.8) is 0 Å². The number of aliphatic hydroxyl groups excluding tert-OH is 1. The molecule has 0 aliphatic carbocycles. The number of hydrogen-bond acceptors (Lipinski definition) is 4. The fraction of sp³-hybridized carbons (Fsp3) is 0.714. The van der Waals surface area contributed by atoms with Crippen molar-refractivity contribution in [3.05, 3.63) is 18.2 Å². The molecule has 0 aromatic carbocycles. The molecular weight excluding hydrogens is 315 g/mol. The third-order valence-electron chi connectivity index (χ3n) is 3.35. The largest absolute Gasteiger partial charge is 0.425 e. The maximum absolute atomic E-state index is 13.2. The van der Waals surface area contributed by atoms with Crippen molar-refractivity contribution in [3.8, 4) is 0 Å². The average Bonchev–Trinajstić information content (AvgIpc) is 2.81. The highest BCUT2D eigenvalue weighted by Gasteiger charge is 2.58. The predicted octanol–water partition coefficient (Wildman–Crippen LogP) is 1.08. The molecule has 9 heteroatoms. The van der Waals surface area contributed by atoms with Gasteiger partial charge in [-0.25, -0.2) is 4.98 Å². The first-order valence-electron chi connectivity index (χ1n) is 7.19. The molecule has 1 amide bonds. The minimum absolute atomic E-state index is 0.175. The van der Waals surface area contributed by atoms with Gasteiger partial charge in [0.25, 0.3) is 0 Å². The van der Waals surface area contributed by atoms with Gasteiger partial charge in [0.2, 0.25) is 11.5 Å². The zero-order valence-corrected chi connectivity index (χ0v) is 13.3. The minimum Gasteiger partial charge on any atom is -0.391 e. The lowest BCUT2D eigenvalue weighted by Crippen LogP contribution is -2.48. The first-order chi connectivity index (χ1) is 10.5. The molecule has 0 fully saturated rings. The van der Waals surface area contributed by atoms with Crippen LogP contribution >= 0.6 is 0 Å². The van der Waals surface area contributed by atoms with Gasteiger partial charge in [0, 0.05) is 26.0 Å². The fourth-order valence-corrected chi connectivity index (χ4v) is 2.22. The van der Waals surface area contributed by atoms with Crippen LogP contribution in [-0.4, -0.2) is 44.5 Å². The molecule has 6 nitrogen and oxygen atoms in total.